The molecule has 1 N–H and O–H groups in total. The number of halogens is 1. The molecule has 132 valence electrons. The van der Waals surface area contributed by atoms with E-state index < -0.39 is 0 Å². The van der Waals surface area contributed by atoms with E-state index in [1.807, 2.05) is 45.1 Å². The molecule has 0 aliphatic rings. The topological polar surface area (TPSA) is 40.0 Å². The molecular weight excluding hydrogens is 315 g/mol. The van der Waals surface area contributed by atoms with Crippen LogP contribution in [0.3, 0.4) is 0 Å². The Hall–Kier alpha value is -2.69. The van der Waals surface area contributed by atoms with Gasteiger partial charge in [-0.25, -0.2) is 9.38 Å². The molecule has 0 saturated carbocycles. The molecule has 0 spiro atoms. The van der Waals surface area contributed by atoms with Crippen molar-refractivity contribution >= 4 is 23.4 Å². The third-order valence-corrected chi connectivity index (χ3v) is 4.04. The third-order valence-electron chi connectivity index (χ3n) is 4.04. The Labute approximate surface area is 149 Å². The molecule has 2 aromatic carbocycles. The summed E-state index contributed by atoms with van der Waals surface area (Å²) in [5.41, 5.74) is 8.06. The van der Waals surface area contributed by atoms with E-state index in [0.29, 0.717) is 5.69 Å². The molecule has 0 heterocycles. The number of benzene rings is 2. The molecule has 2 rings (SSSR count). The number of nitrogens with zero attached hydrogens (tertiary/aromatic N) is 3. The van der Waals surface area contributed by atoms with Crippen molar-refractivity contribution in [3.63, 3.8) is 0 Å². The summed E-state index contributed by atoms with van der Waals surface area (Å²) < 4.78 is 13.7. The molecule has 2 aromatic rings. The van der Waals surface area contributed by atoms with Crippen molar-refractivity contribution in [1.82, 2.24) is 4.90 Å². The minimum atomic E-state index is -0.323. The van der Waals surface area contributed by atoms with Crippen LogP contribution in [-0.4, -0.2) is 30.5 Å². The average Bonchev–Trinajstić information content (AvgIpc) is 2.60. The standard InChI is InChI=1S/C20H25FN4/c1-6-25(5)13-22-20-12-14(2)17(11-15(20)3)16(4)23-24-19-10-8-7-9-18(19)21/h7-13,24H,6H2,1-5H3/b22-13+,23-16+. The number of hydrazone groups is 1. The highest BCUT2D eigenvalue weighted by Crippen LogP contribution is 2.24. The number of aryl methyl sites for hydroxylation is 2. The van der Waals surface area contributed by atoms with Crippen LogP contribution < -0.4 is 5.43 Å². The van der Waals surface area contributed by atoms with Crippen LogP contribution >= 0.6 is 0 Å². The molecule has 0 atom stereocenters. The van der Waals surface area contributed by atoms with Crippen molar-refractivity contribution in [3.05, 3.63) is 58.9 Å². The van der Waals surface area contributed by atoms with E-state index in [4.69, 9.17) is 0 Å². The fraction of sp³-hybridized carbons (Fsp3) is 0.300. The normalized spacial score (nSPS) is 11.8. The number of rotatable bonds is 6. The Morgan fingerprint density at radius 1 is 1.20 bits per heavy atom. The van der Waals surface area contributed by atoms with Crippen LogP contribution in [0.25, 0.3) is 0 Å². The van der Waals surface area contributed by atoms with Crippen LogP contribution in [0.5, 0.6) is 0 Å². The lowest BCUT2D eigenvalue weighted by atomic mass is 10.0. The van der Waals surface area contributed by atoms with Gasteiger partial charge >= 0.3 is 0 Å². The van der Waals surface area contributed by atoms with Crippen molar-refractivity contribution in [2.45, 2.75) is 27.7 Å². The lowest BCUT2D eigenvalue weighted by Gasteiger charge is -2.12. The smallest absolute Gasteiger partial charge is 0.148 e. The maximum atomic E-state index is 13.7. The van der Waals surface area contributed by atoms with Crippen molar-refractivity contribution in [2.24, 2.45) is 10.1 Å². The number of hydrogen-bond donors (Lipinski definition) is 1. The monoisotopic (exact) mass is 340 g/mol. The lowest BCUT2D eigenvalue weighted by Crippen LogP contribution is -2.14. The molecule has 0 amide bonds. The van der Waals surface area contributed by atoms with E-state index in [-0.39, 0.29) is 5.82 Å². The average molecular weight is 340 g/mol. The van der Waals surface area contributed by atoms with E-state index in [2.05, 4.69) is 28.5 Å². The van der Waals surface area contributed by atoms with Gasteiger partial charge in [0.1, 0.15) is 5.82 Å². The van der Waals surface area contributed by atoms with Gasteiger partial charge in [-0.2, -0.15) is 5.10 Å². The number of nitrogens with one attached hydrogen (secondary N) is 1. The highest BCUT2D eigenvalue weighted by molar-refractivity contribution is 6.01. The Bertz CT molecular complexity index is 796. The van der Waals surface area contributed by atoms with E-state index in [1.165, 1.54) is 6.07 Å². The molecule has 0 aliphatic heterocycles. The third kappa shape index (κ3) is 4.89. The summed E-state index contributed by atoms with van der Waals surface area (Å²) in [5.74, 6) is -0.323. The van der Waals surface area contributed by atoms with Gasteiger partial charge in [-0.15, -0.1) is 0 Å². The zero-order valence-corrected chi connectivity index (χ0v) is 15.5. The van der Waals surface area contributed by atoms with Gasteiger partial charge in [0.2, 0.25) is 0 Å². The largest absolute Gasteiger partial charge is 0.366 e. The van der Waals surface area contributed by atoms with Crippen molar-refractivity contribution in [3.8, 4) is 0 Å². The molecule has 0 bridgehead atoms. The van der Waals surface area contributed by atoms with Crippen molar-refractivity contribution in [2.75, 3.05) is 19.0 Å². The lowest BCUT2D eigenvalue weighted by molar-refractivity contribution is 0.552. The van der Waals surface area contributed by atoms with Crippen LogP contribution in [-0.2, 0) is 0 Å². The van der Waals surface area contributed by atoms with E-state index in [1.54, 1.807) is 18.2 Å². The van der Waals surface area contributed by atoms with E-state index >= 15 is 0 Å². The minimum Gasteiger partial charge on any atom is -0.366 e. The number of para-hydroxylation sites is 1. The van der Waals surface area contributed by atoms with Crippen LogP contribution in [0.15, 0.2) is 46.5 Å². The number of anilines is 1. The van der Waals surface area contributed by atoms with Crippen LogP contribution in [0.1, 0.15) is 30.5 Å². The zero-order chi connectivity index (χ0) is 18.4. The fourth-order valence-corrected chi connectivity index (χ4v) is 2.33. The summed E-state index contributed by atoms with van der Waals surface area (Å²) in [6.45, 7) is 8.95. The first-order valence-electron chi connectivity index (χ1n) is 8.33. The van der Waals surface area contributed by atoms with Gasteiger partial charge in [0.05, 0.1) is 23.4 Å². The molecule has 0 radical (unpaired) electrons. The number of aliphatic imine (C=N–C) groups is 1. The molecule has 0 aromatic heterocycles. The fourth-order valence-electron chi connectivity index (χ4n) is 2.33. The Kier molecular flexibility index (Phi) is 6.28. The zero-order valence-electron chi connectivity index (χ0n) is 15.5. The first-order chi connectivity index (χ1) is 11.9. The molecule has 25 heavy (non-hydrogen) atoms. The van der Waals surface area contributed by atoms with E-state index in [0.717, 1.165) is 34.6 Å². The predicted octanol–water partition coefficient (Wildman–Crippen LogP) is 4.89. The summed E-state index contributed by atoms with van der Waals surface area (Å²) >= 11 is 0. The van der Waals surface area contributed by atoms with Gasteiger partial charge in [-0.1, -0.05) is 12.1 Å². The van der Waals surface area contributed by atoms with Gasteiger partial charge in [0, 0.05) is 19.2 Å². The molecule has 0 unspecified atom stereocenters. The first kappa shape index (κ1) is 18.6. The molecule has 0 saturated heterocycles. The van der Waals surface area contributed by atoms with E-state index in [9.17, 15) is 4.39 Å². The SMILES string of the molecule is CCN(C)/C=N/c1cc(C)c(/C(C)=N/Nc2ccccc2F)cc1C. The summed E-state index contributed by atoms with van der Waals surface area (Å²) in [7, 11) is 1.99. The van der Waals surface area contributed by atoms with Gasteiger partial charge in [0.25, 0.3) is 0 Å². The van der Waals surface area contributed by atoms with Gasteiger partial charge in [0.15, 0.2) is 0 Å². The summed E-state index contributed by atoms with van der Waals surface area (Å²) in [6, 6.07) is 10.6. The van der Waals surface area contributed by atoms with Crippen LogP contribution in [0, 0.1) is 19.7 Å². The first-order valence-corrected chi connectivity index (χ1v) is 8.33. The van der Waals surface area contributed by atoms with Crippen LogP contribution in [0.2, 0.25) is 0 Å². The minimum absolute atomic E-state index is 0.323. The molecule has 4 nitrogen and oxygen atoms in total. The quantitative estimate of drug-likeness (QED) is 0.462. The van der Waals surface area contributed by atoms with Gasteiger partial charge in [-0.3, -0.25) is 5.43 Å². The second kappa shape index (κ2) is 8.42. The Balaban J connectivity index is 2.24. The predicted molar refractivity (Wildman–Crippen MR) is 105 cm³/mol. The summed E-state index contributed by atoms with van der Waals surface area (Å²) in [5, 5.41) is 4.32. The van der Waals surface area contributed by atoms with Gasteiger partial charge in [-0.05, 0) is 63.1 Å². The number of hydrogen-bond acceptors (Lipinski definition) is 3. The Morgan fingerprint density at radius 2 is 1.92 bits per heavy atom. The van der Waals surface area contributed by atoms with Gasteiger partial charge < -0.3 is 4.90 Å². The molecule has 0 aliphatic carbocycles. The molecule has 0 fully saturated rings. The Morgan fingerprint density at radius 3 is 2.60 bits per heavy atom. The van der Waals surface area contributed by atoms with Crippen molar-refractivity contribution < 1.29 is 4.39 Å². The second-order valence-electron chi connectivity index (χ2n) is 6.06. The maximum Gasteiger partial charge on any atom is 0.148 e. The maximum absolute atomic E-state index is 13.7. The summed E-state index contributed by atoms with van der Waals surface area (Å²) in [6.07, 6.45) is 1.84. The van der Waals surface area contributed by atoms with Crippen LogP contribution in [0.4, 0.5) is 15.8 Å². The molecule has 5 heteroatoms. The summed E-state index contributed by atoms with van der Waals surface area (Å²) in [4.78, 5) is 6.56. The highest BCUT2D eigenvalue weighted by Gasteiger charge is 2.07. The highest BCUT2D eigenvalue weighted by atomic mass is 19.1. The van der Waals surface area contributed by atoms with Crippen molar-refractivity contribution in [1.29, 1.82) is 0 Å². The molecular formula is C20H25FN4. The second-order valence-corrected chi connectivity index (χ2v) is 6.06.